The minimum atomic E-state index is -3.76. The summed E-state index contributed by atoms with van der Waals surface area (Å²) in [5, 5.41) is 0. The third-order valence-corrected chi connectivity index (χ3v) is 6.27. The molecule has 10 heteroatoms. The van der Waals surface area contributed by atoms with Crippen LogP contribution in [0.4, 0.5) is 5.69 Å². The molecule has 1 aromatic rings. The number of rotatable bonds is 7. The number of benzene rings is 1. The van der Waals surface area contributed by atoms with Crippen LogP contribution in [0, 0.1) is 5.92 Å². The molecule has 1 aliphatic heterocycles. The van der Waals surface area contributed by atoms with E-state index in [1.165, 1.54) is 27.4 Å². The molecular weight excluding hydrogens is 400 g/mol. The molecule has 1 atom stereocenters. The smallest absolute Gasteiger partial charge is 0.308 e. The van der Waals surface area contributed by atoms with Gasteiger partial charge in [0.15, 0.2) is 11.5 Å². The van der Waals surface area contributed by atoms with Crippen molar-refractivity contribution >= 4 is 27.6 Å². The lowest BCUT2D eigenvalue weighted by atomic mass is 9.96. The molecule has 1 saturated heterocycles. The average Bonchev–Trinajstić information content (AvgIpc) is 2.71. The maximum absolute atomic E-state index is 13.0. The number of amides is 1. The fourth-order valence-electron chi connectivity index (χ4n) is 3.53. The van der Waals surface area contributed by atoms with Crippen molar-refractivity contribution in [2.24, 2.45) is 5.92 Å². The van der Waals surface area contributed by atoms with E-state index in [2.05, 4.69) is 0 Å². The van der Waals surface area contributed by atoms with Crippen LogP contribution in [-0.2, 0) is 24.3 Å². The van der Waals surface area contributed by atoms with Gasteiger partial charge in [-0.2, -0.15) is 0 Å². The highest BCUT2D eigenvalue weighted by atomic mass is 32.2. The number of ether oxygens (including phenoxy) is 3. The number of carbonyl (C=O) groups excluding carboxylic acids is 2. The van der Waals surface area contributed by atoms with Gasteiger partial charge in [-0.25, -0.2) is 8.42 Å². The lowest BCUT2D eigenvalue weighted by Gasteiger charge is -2.36. The van der Waals surface area contributed by atoms with Crippen LogP contribution < -0.4 is 13.8 Å². The molecule has 0 aromatic heterocycles. The molecule has 0 saturated carbocycles. The second-order valence-corrected chi connectivity index (χ2v) is 8.76. The standard InChI is InChI=1S/C19H28N2O7S/c1-13(18(22)20-10-8-14(9-11-20)19(23)28-4)21(29(5,24)25)15-6-7-16(26-2)17(12-15)27-3/h6-7,12-14H,8-11H2,1-5H3. The van der Waals surface area contributed by atoms with E-state index in [-0.39, 0.29) is 17.8 Å². The lowest BCUT2D eigenvalue weighted by molar-refractivity contribution is -0.149. The number of sulfonamides is 1. The highest BCUT2D eigenvalue weighted by molar-refractivity contribution is 7.92. The number of hydrogen-bond acceptors (Lipinski definition) is 7. The lowest BCUT2D eigenvalue weighted by Crippen LogP contribution is -2.51. The maximum Gasteiger partial charge on any atom is 0.308 e. The average molecular weight is 429 g/mol. The summed E-state index contributed by atoms with van der Waals surface area (Å²) in [6, 6.07) is 3.71. The molecule has 0 radical (unpaired) electrons. The van der Waals surface area contributed by atoms with Crippen molar-refractivity contribution < 1.29 is 32.2 Å². The van der Waals surface area contributed by atoms with Crippen LogP contribution in [0.25, 0.3) is 0 Å². The van der Waals surface area contributed by atoms with Gasteiger partial charge in [0.25, 0.3) is 0 Å². The van der Waals surface area contributed by atoms with Gasteiger partial charge in [0, 0.05) is 19.2 Å². The Morgan fingerprint density at radius 2 is 1.69 bits per heavy atom. The molecule has 1 aliphatic rings. The number of esters is 1. The predicted molar refractivity (Wildman–Crippen MR) is 108 cm³/mol. The quantitative estimate of drug-likeness (QED) is 0.603. The summed E-state index contributed by atoms with van der Waals surface area (Å²) in [6.45, 7) is 2.28. The SMILES string of the molecule is COC(=O)C1CCN(C(=O)C(C)N(c2ccc(OC)c(OC)c2)S(C)(=O)=O)CC1. The van der Waals surface area contributed by atoms with E-state index in [0.29, 0.717) is 43.1 Å². The van der Waals surface area contributed by atoms with Crippen LogP contribution in [-0.4, -0.2) is 71.9 Å². The van der Waals surface area contributed by atoms with Crippen LogP contribution in [0.1, 0.15) is 19.8 Å². The van der Waals surface area contributed by atoms with Crippen molar-refractivity contribution in [3.05, 3.63) is 18.2 Å². The molecule has 1 aromatic carbocycles. The highest BCUT2D eigenvalue weighted by Crippen LogP contribution is 2.33. The van der Waals surface area contributed by atoms with Gasteiger partial charge in [-0.15, -0.1) is 0 Å². The Balaban J connectivity index is 2.25. The molecule has 9 nitrogen and oxygen atoms in total. The highest BCUT2D eigenvalue weighted by Gasteiger charge is 2.35. The summed E-state index contributed by atoms with van der Waals surface area (Å²) in [5.41, 5.74) is 0.301. The van der Waals surface area contributed by atoms with Gasteiger partial charge >= 0.3 is 5.97 Å². The molecule has 1 heterocycles. The van der Waals surface area contributed by atoms with E-state index >= 15 is 0 Å². The largest absolute Gasteiger partial charge is 0.493 e. The number of nitrogens with zero attached hydrogens (tertiary/aromatic N) is 2. The van der Waals surface area contributed by atoms with Crippen LogP contribution in [0.2, 0.25) is 0 Å². The van der Waals surface area contributed by atoms with Gasteiger partial charge in [-0.1, -0.05) is 0 Å². The number of carbonyl (C=O) groups is 2. The minimum Gasteiger partial charge on any atom is -0.493 e. The zero-order valence-corrected chi connectivity index (χ0v) is 18.2. The van der Waals surface area contributed by atoms with Gasteiger partial charge in [0.1, 0.15) is 6.04 Å². The Hall–Kier alpha value is -2.49. The van der Waals surface area contributed by atoms with E-state index < -0.39 is 16.1 Å². The van der Waals surface area contributed by atoms with E-state index in [4.69, 9.17) is 14.2 Å². The first-order valence-electron chi connectivity index (χ1n) is 9.22. The molecule has 1 unspecified atom stereocenters. The van der Waals surface area contributed by atoms with Crippen molar-refractivity contribution in [2.45, 2.75) is 25.8 Å². The number of likely N-dealkylation sites (tertiary alicyclic amines) is 1. The van der Waals surface area contributed by atoms with Gasteiger partial charge in [-0.3, -0.25) is 13.9 Å². The topological polar surface area (TPSA) is 102 Å². The summed E-state index contributed by atoms with van der Waals surface area (Å²) in [5.74, 6) is -0.0382. The van der Waals surface area contributed by atoms with Gasteiger partial charge in [0.2, 0.25) is 15.9 Å². The summed E-state index contributed by atoms with van der Waals surface area (Å²) in [7, 11) is 0.517. The van der Waals surface area contributed by atoms with Crippen molar-refractivity contribution in [1.82, 2.24) is 4.90 Å². The third-order valence-electron chi connectivity index (χ3n) is 5.03. The fraction of sp³-hybridized carbons (Fsp3) is 0.579. The first-order valence-corrected chi connectivity index (χ1v) is 11.1. The van der Waals surface area contributed by atoms with Gasteiger partial charge in [-0.05, 0) is 31.9 Å². The molecular formula is C19H28N2O7S. The molecule has 0 N–H and O–H groups in total. The Morgan fingerprint density at radius 1 is 1.10 bits per heavy atom. The first kappa shape index (κ1) is 22.8. The molecule has 0 spiro atoms. The summed E-state index contributed by atoms with van der Waals surface area (Å²) in [4.78, 5) is 26.3. The van der Waals surface area contributed by atoms with E-state index in [0.717, 1.165) is 10.6 Å². The van der Waals surface area contributed by atoms with Crippen molar-refractivity contribution in [1.29, 1.82) is 0 Å². The summed E-state index contributed by atoms with van der Waals surface area (Å²) >= 11 is 0. The fourth-order valence-corrected chi connectivity index (χ4v) is 4.69. The van der Waals surface area contributed by atoms with Gasteiger partial charge < -0.3 is 19.1 Å². The molecule has 0 bridgehead atoms. The van der Waals surface area contributed by atoms with Crippen LogP contribution >= 0.6 is 0 Å². The van der Waals surface area contributed by atoms with Crippen LogP contribution in [0.5, 0.6) is 11.5 Å². The predicted octanol–water partition coefficient (Wildman–Crippen LogP) is 1.27. The second kappa shape index (κ2) is 9.34. The van der Waals surface area contributed by atoms with Crippen LogP contribution in [0.3, 0.4) is 0 Å². The second-order valence-electron chi connectivity index (χ2n) is 6.90. The van der Waals surface area contributed by atoms with E-state index in [1.54, 1.807) is 24.0 Å². The number of anilines is 1. The summed E-state index contributed by atoms with van der Waals surface area (Å²) < 4.78 is 41.3. The van der Waals surface area contributed by atoms with E-state index in [9.17, 15) is 18.0 Å². The third kappa shape index (κ3) is 5.11. The Morgan fingerprint density at radius 3 is 2.17 bits per heavy atom. The minimum absolute atomic E-state index is 0.240. The zero-order chi connectivity index (χ0) is 21.8. The van der Waals surface area contributed by atoms with Crippen molar-refractivity contribution in [3.8, 4) is 11.5 Å². The molecule has 29 heavy (non-hydrogen) atoms. The molecule has 0 aliphatic carbocycles. The Labute approximate surface area is 171 Å². The number of hydrogen-bond donors (Lipinski definition) is 0. The summed E-state index contributed by atoms with van der Waals surface area (Å²) in [6.07, 6.45) is 2.03. The monoisotopic (exact) mass is 428 g/mol. The van der Waals surface area contributed by atoms with Crippen molar-refractivity contribution in [2.75, 3.05) is 45.0 Å². The molecule has 2 rings (SSSR count). The van der Waals surface area contributed by atoms with E-state index in [1.807, 2.05) is 0 Å². The molecule has 162 valence electrons. The Kier molecular flexibility index (Phi) is 7.34. The normalized spacial score (nSPS) is 16.1. The first-order chi connectivity index (χ1) is 13.6. The Bertz CT molecular complexity index is 848. The zero-order valence-electron chi connectivity index (χ0n) is 17.4. The maximum atomic E-state index is 13.0. The number of piperidine rings is 1. The number of methoxy groups -OCH3 is 3. The van der Waals surface area contributed by atoms with Crippen LogP contribution in [0.15, 0.2) is 18.2 Å². The molecule has 1 amide bonds. The van der Waals surface area contributed by atoms with Gasteiger partial charge in [0.05, 0.1) is 39.2 Å². The molecule has 1 fully saturated rings. The van der Waals surface area contributed by atoms with Crippen molar-refractivity contribution in [3.63, 3.8) is 0 Å².